The van der Waals surface area contributed by atoms with Crippen LogP contribution in [0.3, 0.4) is 0 Å². The van der Waals surface area contributed by atoms with E-state index in [0.29, 0.717) is 17.3 Å². The molecule has 0 bridgehead atoms. The highest BCUT2D eigenvalue weighted by Gasteiger charge is 2.17. The monoisotopic (exact) mass is 345 g/mol. The molecular weight excluding hydrogens is 333 g/mol. The molecule has 0 aliphatic carbocycles. The molecule has 2 aromatic carbocycles. The van der Waals surface area contributed by atoms with Crippen LogP contribution in [0.4, 0.5) is 4.39 Å². The third kappa shape index (κ3) is 3.46. The van der Waals surface area contributed by atoms with Crippen LogP contribution in [-0.4, -0.2) is 11.0 Å². The van der Waals surface area contributed by atoms with Crippen LogP contribution >= 0.6 is 11.6 Å². The number of oxazole rings is 1. The Hall–Kier alpha value is -2.66. The van der Waals surface area contributed by atoms with Crippen LogP contribution < -0.4 is 0 Å². The number of carbonyl (C=O) groups is 1. The summed E-state index contributed by atoms with van der Waals surface area (Å²) >= 11 is 5.77. The highest BCUT2D eigenvalue weighted by molar-refractivity contribution is 6.30. The van der Waals surface area contributed by atoms with Gasteiger partial charge in [0.25, 0.3) is 0 Å². The highest BCUT2D eigenvalue weighted by Crippen LogP contribution is 2.22. The summed E-state index contributed by atoms with van der Waals surface area (Å²) in [6, 6.07) is 13.1. The van der Waals surface area contributed by atoms with Gasteiger partial charge in [0.05, 0.1) is 5.56 Å². The maximum atomic E-state index is 13.7. The lowest BCUT2D eigenvalue weighted by Crippen LogP contribution is -2.08. The van der Waals surface area contributed by atoms with Gasteiger partial charge in [0.2, 0.25) is 5.89 Å². The van der Waals surface area contributed by atoms with Crippen LogP contribution in [0.2, 0.25) is 5.02 Å². The molecule has 0 unspecified atom stereocenters. The van der Waals surface area contributed by atoms with Gasteiger partial charge in [-0.1, -0.05) is 29.8 Å². The standard InChI is InChI=1S/C18H13ClFNO3/c1-11-16(21-17(24-11)12-5-3-2-4-6-12)10-23-18(22)14-9-13(19)7-8-15(14)20/h2-9H,10H2,1H3. The van der Waals surface area contributed by atoms with E-state index in [1.54, 1.807) is 6.92 Å². The first-order valence-electron chi connectivity index (χ1n) is 7.18. The summed E-state index contributed by atoms with van der Waals surface area (Å²) in [4.78, 5) is 16.3. The maximum Gasteiger partial charge on any atom is 0.341 e. The molecule has 3 aromatic rings. The van der Waals surface area contributed by atoms with Gasteiger partial charge in [-0.3, -0.25) is 0 Å². The minimum Gasteiger partial charge on any atom is -0.455 e. The second kappa shape index (κ2) is 6.84. The molecule has 4 nitrogen and oxygen atoms in total. The minimum absolute atomic E-state index is 0.118. The number of rotatable bonds is 4. The minimum atomic E-state index is -0.807. The lowest BCUT2D eigenvalue weighted by Gasteiger charge is -2.04. The van der Waals surface area contributed by atoms with Gasteiger partial charge in [0.15, 0.2) is 0 Å². The van der Waals surface area contributed by atoms with Gasteiger partial charge in [0, 0.05) is 10.6 Å². The van der Waals surface area contributed by atoms with Gasteiger partial charge in [-0.25, -0.2) is 14.2 Å². The molecule has 24 heavy (non-hydrogen) atoms. The molecular formula is C18H13ClFNO3. The van der Waals surface area contributed by atoms with Gasteiger partial charge in [-0.15, -0.1) is 0 Å². The van der Waals surface area contributed by atoms with Crippen molar-refractivity contribution in [3.8, 4) is 11.5 Å². The van der Waals surface area contributed by atoms with Crippen LogP contribution in [0, 0.1) is 12.7 Å². The fourth-order valence-electron chi connectivity index (χ4n) is 2.13. The van der Waals surface area contributed by atoms with Crippen molar-refractivity contribution in [3.05, 3.63) is 76.4 Å². The Morgan fingerprint density at radius 2 is 2.00 bits per heavy atom. The summed E-state index contributed by atoms with van der Waals surface area (Å²) in [6.07, 6.45) is 0. The predicted octanol–water partition coefficient (Wildman–Crippen LogP) is 4.80. The van der Waals surface area contributed by atoms with Crippen molar-refractivity contribution >= 4 is 17.6 Å². The normalized spacial score (nSPS) is 10.6. The Bertz CT molecular complexity index is 877. The Morgan fingerprint density at radius 1 is 1.25 bits per heavy atom. The van der Waals surface area contributed by atoms with Crippen molar-refractivity contribution in [1.29, 1.82) is 0 Å². The molecule has 1 aromatic heterocycles. The van der Waals surface area contributed by atoms with E-state index in [0.717, 1.165) is 11.6 Å². The highest BCUT2D eigenvalue weighted by atomic mass is 35.5. The Kier molecular flexibility index (Phi) is 4.62. The third-order valence-electron chi connectivity index (χ3n) is 3.40. The molecule has 0 saturated carbocycles. The number of halogens is 2. The van der Waals surface area contributed by atoms with Crippen molar-refractivity contribution in [2.24, 2.45) is 0 Å². The van der Waals surface area contributed by atoms with Gasteiger partial charge < -0.3 is 9.15 Å². The molecule has 0 fully saturated rings. The molecule has 0 spiro atoms. The predicted molar refractivity (Wildman–Crippen MR) is 87.2 cm³/mol. The number of carbonyl (C=O) groups excluding carboxylic acids is 1. The molecule has 0 N–H and O–H groups in total. The Labute approximate surface area is 142 Å². The second-order valence-corrected chi connectivity index (χ2v) is 5.52. The van der Waals surface area contributed by atoms with Gasteiger partial charge >= 0.3 is 5.97 Å². The largest absolute Gasteiger partial charge is 0.455 e. The van der Waals surface area contributed by atoms with E-state index in [2.05, 4.69) is 4.98 Å². The molecule has 0 saturated heterocycles. The number of aryl methyl sites for hydroxylation is 1. The fourth-order valence-corrected chi connectivity index (χ4v) is 2.30. The first kappa shape index (κ1) is 16.2. The van der Waals surface area contributed by atoms with E-state index >= 15 is 0 Å². The molecule has 3 rings (SSSR count). The number of hydrogen-bond acceptors (Lipinski definition) is 4. The molecule has 1 heterocycles. The second-order valence-electron chi connectivity index (χ2n) is 5.09. The van der Waals surface area contributed by atoms with E-state index in [9.17, 15) is 9.18 Å². The number of benzene rings is 2. The van der Waals surface area contributed by atoms with Crippen LogP contribution in [-0.2, 0) is 11.3 Å². The summed E-state index contributed by atoms with van der Waals surface area (Å²) in [5.41, 5.74) is 1.08. The van der Waals surface area contributed by atoms with Crippen molar-refractivity contribution in [1.82, 2.24) is 4.98 Å². The average Bonchev–Trinajstić information content (AvgIpc) is 2.96. The third-order valence-corrected chi connectivity index (χ3v) is 3.64. The molecule has 0 aliphatic heterocycles. The summed E-state index contributed by atoms with van der Waals surface area (Å²) < 4.78 is 24.4. The Balaban J connectivity index is 1.74. The van der Waals surface area contributed by atoms with Crippen molar-refractivity contribution in [2.75, 3.05) is 0 Å². The lowest BCUT2D eigenvalue weighted by molar-refractivity contribution is 0.0461. The van der Waals surface area contributed by atoms with Crippen LogP contribution in [0.15, 0.2) is 52.9 Å². The molecule has 0 atom stereocenters. The molecule has 0 aliphatic rings. The fraction of sp³-hybridized carbons (Fsp3) is 0.111. The zero-order chi connectivity index (χ0) is 17.1. The Morgan fingerprint density at radius 3 is 2.75 bits per heavy atom. The van der Waals surface area contributed by atoms with Crippen molar-refractivity contribution < 1.29 is 18.3 Å². The van der Waals surface area contributed by atoms with E-state index in [-0.39, 0.29) is 17.2 Å². The number of aromatic nitrogens is 1. The summed E-state index contributed by atoms with van der Waals surface area (Å²) in [7, 11) is 0. The van der Waals surface area contributed by atoms with E-state index in [1.807, 2.05) is 30.3 Å². The van der Waals surface area contributed by atoms with Gasteiger partial charge in [0.1, 0.15) is 23.9 Å². The molecule has 122 valence electrons. The summed E-state index contributed by atoms with van der Waals surface area (Å²) in [6.45, 7) is 1.61. The topological polar surface area (TPSA) is 52.3 Å². The smallest absolute Gasteiger partial charge is 0.341 e. The number of ether oxygens (including phenoxy) is 1. The molecule has 6 heteroatoms. The SMILES string of the molecule is Cc1oc(-c2ccccc2)nc1COC(=O)c1cc(Cl)ccc1F. The summed E-state index contributed by atoms with van der Waals surface area (Å²) in [5, 5.41) is 0.257. The van der Waals surface area contributed by atoms with Crippen LogP contribution in [0.25, 0.3) is 11.5 Å². The van der Waals surface area contributed by atoms with Crippen molar-refractivity contribution in [2.45, 2.75) is 13.5 Å². The van der Waals surface area contributed by atoms with Crippen LogP contribution in [0.5, 0.6) is 0 Å². The van der Waals surface area contributed by atoms with E-state index < -0.39 is 11.8 Å². The number of hydrogen-bond donors (Lipinski definition) is 0. The lowest BCUT2D eigenvalue weighted by atomic mass is 10.2. The average molecular weight is 346 g/mol. The van der Waals surface area contributed by atoms with Crippen LogP contribution in [0.1, 0.15) is 21.8 Å². The zero-order valence-electron chi connectivity index (χ0n) is 12.8. The zero-order valence-corrected chi connectivity index (χ0v) is 13.5. The first-order chi connectivity index (χ1) is 11.5. The maximum absolute atomic E-state index is 13.7. The molecule has 0 radical (unpaired) electrons. The number of esters is 1. The van der Waals surface area contributed by atoms with Crippen molar-refractivity contribution in [3.63, 3.8) is 0 Å². The first-order valence-corrected chi connectivity index (χ1v) is 7.56. The van der Waals surface area contributed by atoms with E-state index in [1.165, 1.54) is 12.1 Å². The van der Waals surface area contributed by atoms with E-state index in [4.69, 9.17) is 20.8 Å². The number of nitrogens with zero attached hydrogens (tertiary/aromatic N) is 1. The quantitative estimate of drug-likeness (QED) is 0.637. The summed E-state index contributed by atoms with van der Waals surface area (Å²) in [5.74, 6) is -0.522. The molecule has 0 amide bonds. The van der Waals surface area contributed by atoms with Gasteiger partial charge in [-0.05, 0) is 37.3 Å². The van der Waals surface area contributed by atoms with Gasteiger partial charge in [-0.2, -0.15) is 0 Å².